The van der Waals surface area contributed by atoms with Crippen LogP contribution >= 0.6 is 11.3 Å². The average molecular weight is 419 g/mol. The van der Waals surface area contributed by atoms with Crippen LogP contribution in [0.25, 0.3) is 0 Å². The Balaban J connectivity index is 1.74. The van der Waals surface area contributed by atoms with Gasteiger partial charge < -0.3 is 19.7 Å². The number of nitrogens with two attached hydrogens (primary N) is 1. The van der Waals surface area contributed by atoms with Gasteiger partial charge in [0.05, 0.1) is 12.2 Å². The van der Waals surface area contributed by atoms with Gasteiger partial charge in [-0.2, -0.15) is 0 Å². The van der Waals surface area contributed by atoms with Gasteiger partial charge in [-0.3, -0.25) is 4.79 Å². The number of primary sulfonamides is 1. The summed E-state index contributed by atoms with van der Waals surface area (Å²) in [5.74, 6) is -1.28. The van der Waals surface area contributed by atoms with E-state index in [1.54, 1.807) is 11.8 Å². The van der Waals surface area contributed by atoms with Crippen molar-refractivity contribution >= 4 is 39.3 Å². The van der Waals surface area contributed by atoms with Crippen LogP contribution in [0.4, 0.5) is 4.79 Å². The first-order chi connectivity index (χ1) is 12.7. The van der Waals surface area contributed by atoms with Crippen molar-refractivity contribution in [2.24, 2.45) is 5.14 Å². The van der Waals surface area contributed by atoms with Crippen molar-refractivity contribution in [3.63, 3.8) is 0 Å². The fraction of sp³-hybridized carbons (Fsp3) is 0.533. The van der Waals surface area contributed by atoms with E-state index in [4.69, 9.17) is 14.6 Å². The summed E-state index contributed by atoms with van der Waals surface area (Å²) in [6.45, 7) is 2.49. The lowest BCUT2D eigenvalue weighted by molar-refractivity contribution is -0.125. The Hall–Kier alpha value is -2.18. The van der Waals surface area contributed by atoms with Crippen molar-refractivity contribution in [3.8, 4) is 0 Å². The number of nitrogens with one attached hydrogen (secondary N) is 1. The zero-order chi connectivity index (χ0) is 20.0. The molecule has 2 heterocycles. The summed E-state index contributed by atoms with van der Waals surface area (Å²) in [5, 5.41) is 9.01. The van der Waals surface area contributed by atoms with Crippen LogP contribution in [0, 0.1) is 0 Å². The highest BCUT2D eigenvalue weighted by molar-refractivity contribution is 7.91. The minimum absolute atomic E-state index is 0.0135. The van der Waals surface area contributed by atoms with Gasteiger partial charge in [-0.25, -0.2) is 23.1 Å². The predicted molar refractivity (Wildman–Crippen MR) is 95.7 cm³/mol. The van der Waals surface area contributed by atoms with E-state index in [1.165, 1.54) is 5.38 Å². The summed E-state index contributed by atoms with van der Waals surface area (Å²) in [6.07, 6.45) is 0.771. The third-order valence-electron chi connectivity index (χ3n) is 3.81. The quantitative estimate of drug-likeness (QED) is 0.630. The summed E-state index contributed by atoms with van der Waals surface area (Å²) in [4.78, 5) is 37.0. The number of ether oxygens (including phenoxy) is 2. The van der Waals surface area contributed by atoms with Crippen LogP contribution in [0.5, 0.6) is 0 Å². The molecule has 1 aliphatic rings. The highest BCUT2D eigenvalue weighted by atomic mass is 32.2. The van der Waals surface area contributed by atoms with Gasteiger partial charge in [-0.05, 0) is 25.8 Å². The number of nitrogens with zero attached hydrogens (tertiary/aromatic N) is 1. The van der Waals surface area contributed by atoms with Crippen LogP contribution in [-0.2, 0) is 24.3 Å². The Morgan fingerprint density at radius 1 is 1.30 bits per heavy atom. The van der Waals surface area contributed by atoms with Crippen molar-refractivity contribution in [1.29, 1.82) is 0 Å². The first-order valence-corrected chi connectivity index (χ1v) is 10.6. The maximum absolute atomic E-state index is 11.9. The molecule has 150 valence electrons. The van der Waals surface area contributed by atoms with Gasteiger partial charge in [0, 0.05) is 24.5 Å². The highest BCUT2D eigenvalue weighted by Gasteiger charge is 2.25. The van der Waals surface area contributed by atoms with E-state index in [0.29, 0.717) is 32.5 Å². The number of carbonyl (C=O) groups is 3. The van der Waals surface area contributed by atoms with Crippen LogP contribution in [0.3, 0.4) is 0 Å². The average Bonchev–Trinajstić information content (AvgIpc) is 3.11. The summed E-state index contributed by atoms with van der Waals surface area (Å²) < 4.78 is 32.0. The lowest BCUT2D eigenvalue weighted by Crippen LogP contribution is -2.47. The lowest BCUT2D eigenvalue weighted by Gasteiger charge is -2.31. The molecule has 0 saturated carbocycles. The van der Waals surface area contributed by atoms with Gasteiger partial charge in [-0.15, -0.1) is 11.3 Å². The van der Waals surface area contributed by atoms with Gasteiger partial charge in [0.1, 0.15) is 4.21 Å². The molecule has 27 heavy (non-hydrogen) atoms. The molecular weight excluding hydrogens is 398 g/mol. The Kier molecular flexibility index (Phi) is 7.16. The van der Waals surface area contributed by atoms with Crippen LogP contribution in [0.15, 0.2) is 15.7 Å². The van der Waals surface area contributed by atoms with Gasteiger partial charge in [0.15, 0.2) is 6.61 Å². The van der Waals surface area contributed by atoms with E-state index < -0.39 is 28.5 Å². The molecule has 1 fully saturated rings. The number of likely N-dealkylation sites (tertiary alicyclic amines) is 1. The highest BCUT2D eigenvalue weighted by Crippen LogP contribution is 2.19. The molecule has 0 atom stereocenters. The van der Waals surface area contributed by atoms with E-state index in [1.807, 2.05) is 0 Å². The number of amides is 2. The summed E-state index contributed by atoms with van der Waals surface area (Å²) in [6, 6.07) is 0.975. The number of esters is 1. The Morgan fingerprint density at radius 2 is 1.96 bits per heavy atom. The predicted octanol–water partition coefficient (Wildman–Crippen LogP) is 0.289. The third-order valence-corrected chi connectivity index (χ3v) is 6.20. The normalized spacial score (nSPS) is 15.3. The van der Waals surface area contributed by atoms with Crippen LogP contribution < -0.4 is 10.5 Å². The lowest BCUT2D eigenvalue weighted by atomic mass is 10.1. The van der Waals surface area contributed by atoms with E-state index in [-0.39, 0.29) is 21.9 Å². The van der Waals surface area contributed by atoms with Crippen molar-refractivity contribution in [2.45, 2.75) is 30.0 Å². The number of hydrogen-bond acceptors (Lipinski definition) is 8. The van der Waals surface area contributed by atoms with Gasteiger partial charge in [0.2, 0.25) is 10.0 Å². The molecule has 1 aromatic rings. The molecule has 1 aromatic heterocycles. The monoisotopic (exact) mass is 419 g/mol. The number of piperidine rings is 1. The van der Waals surface area contributed by atoms with Crippen LogP contribution in [0.1, 0.15) is 30.1 Å². The molecule has 0 aromatic carbocycles. The van der Waals surface area contributed by atoms with Crippen molar-refractivity contribution in [1.82, 2.24) is 10.2 Å². The number of rotatable bonds is 6. The molecular formula is C15H21N3O7S2. The molecule has 0 aliphatic carbocycles. The van der Waals surface area contributed by atoms with Crippen molar-refractivity contribution in [3.05, 3.63) is 17.0 Å². The Bertz CT molecular complexity index is 798. The van der Waals surface area contributed by atoms with E-state index in [2.05, 4.69) is 5.32 Å². The Labute approximate surface area is 160 Å². The van der Waals surface area contributed by atoms with Gasteiger partial charge in [-0.1, -0.05) is 0 Å². The van der Waals surface area contributed by atoms with Crippen molar-refractivity contribution < 1.29 is 32.3 Å². The maximum atomic E-state index is 11.9. The Morgan fingerprint density at radius 3 is 2.52 bits per heavy atom. The molecule has 1 aliphatic heterocycles. The molecule has 0 bridgehead atoms. The van der Waals surface area contributed by atoms with E-state index in [9.17, 15) is 22.8 Å². The van der Waals surface area contributed by atoms with E-state index in [0.717, 1.165) is 17.4 Å². The zero-order valence-corrected chi connectivity index (χ0v) is 16.3. The van der Waals surface area contributed by atoms with Crippen LogP contribution in [0.2, 0.25) is 0 Å². The maximum Gasteiger partial charge on any atom is 0.409 e. The third kappa shape index (κ3) is 6.19. The largest absolute Gasteiger partial charge is 0.452 e. The minimum Gasteiger partial charge on any atom is -0.452 e. The van der Waals surface area contributed by atoms with Crippen LogP contribution in [-0.4, -0.2) is 63.6 Å². The first kappa shape index (κ1) is 21.1. The standard InChI is InChI=1S/C15H21N3O7S2/c1-2-24-15(21)18-5-3-11(4-6-18)17-12(19)8-25-14(20)10-7-13(26-9-10)27(16,22)23/h7,9,11H,2-6,8H2,1H3,(H,17,19)(H2,16,22,23). The van der Waals surface area contributed by atoms with Crippen molar-refractivity contribution in [2.75, 3.05) is 26.3 Å². The number of hydrogen-bond donors (Lipinski definition) is 2. The van der Waals surface area contributed by atoms with Gasteiger partial charge in [0.25, 0.3) is 5.91 Å². The molecule has 0 spiro atoms. The second-order valence-corrected chi connectivity index (χ2v) is 8.50. The van der Waals surface area contributed by atoms with Gasteiger partial charge >= 0.3 is 12.1 Å². The number of carbonyl (C=O) groups excluding carboxylic acids is 3. The summed E-state index contributed by atoms with van der Waals surface area (Å²) >= 11 is 0.797. The number of sulfonamides is 1. The summed E-state index contributed by atoms with van der Waals surface area (Å²) in [5.41, 5.74) is 0.0135. The topological polar surface area (TPSA) is 145 Å². The molecule has 2 amide bonds. The molecule has 10 nitrogen and oxygen atoms in total. The molecule has 12 heteroatoms. The zero-order valence-electron chi connectivity index (χ0n) is 14.7. The van der Waals surface area contributed by atoms with E-state index >= 15 is 0 Å². The fourth-order valence-corrected chi connectivity index (χ4v) is 4.05. The second-order valence-electron chi connectivity index (χ2n) is 5.80. The molecule has 1 saturated heterocycles. The molecule has 0 unspecified atom stereocenters. The fourth-order valence-electron chi connectivity index (χ4n) is 2.48. The first-order valence-electron chi connectivity index (χ1n) is 8.20. The second kappa shape index (κ2) is 9.15. The minimum atomic E-state index is -3.89. The molecule has 0 radical (unpaired) electrons. The molecule has 2 rings (SSSR count). The summed E-state index contributed by atoms with van der Waals surface area (Å²) in [7, 11) is -3.89. The SMILES string of the molecule is CCOC(=O)N1CCC(NC(=O)COC(=O)c2csc(S(N)(=O)=O)c2)CC1. The smallest absolute Gasteiger partial charge is 0.409 e. The number of thiophene rings is 1. The molecule has 3 N–H and O–H groups in total.